The monoisotopic (exact) mass is 487 g/mol. The molecule has 2 amide bonds. The number of benzene rings is 2. The normalized spacial score (nSPS) is 15.1. The van der Waals surface area contributed by atoms with Gasteiger partial charge in [0.1, 0.15) is 6.54 Å². The molecule has 4 rings (SSSR count). The fourth-order valence-corrected chi connectivity index (χ4v) is 4.80. The number of piperidine rings is 1. The standard InChI is InChI=1S/C24H27F2N5O2S/c25-23(26)34-24-29-19-3-1-2-4-20(19)31(24)15-21(32)28-18-7-5-16(6-8-18)9-12-30-13-10-17(11-14-30)22(27)33/h1-8,17,23H,9-15H2,(H2,27,33)(H,28,32). The summed E-state index contributed by atoms with van der Waals surface area (Å²) >= 11 is 0.331. The molecule has 1 saturated heterocycles. The SMILES string of the molecule is NC(=O)C1CCN(CCc2ccc(NC(=O)Cn3c(SC(F)F)nc4ccccc43)cc2)CC1. The first-order valence-corrected chi connectivity index (χ1v) is 12.1. The highest BCUT2D eigenvalue weighted by Crippen LogP contribution is 2.28. The summed E-state index contributed by atoms with van der Waals surface area (Å²) in [7, 11) is 0. The van der Waals surface area contributed by atoms with E-state index in [0.717, 1.165) is 44.5 Å². The molecule has 1 aromatic heterocycles. The number of nitrogens with one attached hydrogen (secondary N) is 1. The quantitative estimate of drug-likeness (QED) is 0.449. The molecule has 0 bridgehead atoms. The van der Waals surface area contributed by atoms with Crippen LogP contribution in [0, 0.1) is 5.92 Å². The number of carbonyl (C=O) groups excluding carboxylic acids is 2. The second-order valence-corrected chi connectivity index (χ2v) is 9.32. The van der Waals surface area contributed by atoms with Gasteiger partial charge in [-0.1, -0.05) is 24.3 Å². The topological polar surface area (TPSA) is 93.3 Å². The van der Waals surface area contributed by atoms with Gasteiger partial charge in [0, 0.05) is 18.2 Å². The van der Waals surface area contributed by atoms with Crippen molar-refractivity contribution in [3.63, 3.8) is 0 Å². The lowest BCUT2D eigenvalue weighted by Gasteiger charge is -2.30. The maximum absolute atomic E-state index is 13.0. The predicted molar refractivity (Wildman–Crippen MR) is 129 cm³/mol. The molecule has 34 heavy (non-hydrogen) atoms. The third-order valence-electron chi connectivity index (χ3n) is 6.06. The lowest BCUT2D eigenvalue weighted by atomic mass is 9.96. The zero-order chi connectivity index (χ0) is 24.1. The van der Waals surface area contributed by atoms with Gasteiger partial charge >= 0.3 is 0 Å². The molecule has 0 unspecified atom stereocenters. The number of halogens is 2. The van der Waals surface area contributed by atoms with Crippen LogP contribution in [0.3, 0.4) is 0 Å². The van der Waals surface area contributed by atoms with Crippen LogP contribution in [0.2, 0.25) is 0 Å². The van der Waals surface area contributed by atoms with Gasteiger partial charge < -0.3 is 20.5 Å². The van der Waals surface area contributed by atoms with Crippen molar-refractivity contribution in [2.75, 3.05) is 25.0 Å². The summed E-state index contributed by atoms with van der Waals surface area (Å²) in [5.41, 5.74) is 8.38. The highest BCUT2D eigenvalue weighted by molar-refractivity contribution is 7.99. The molecular weight excluding hydrogens is 460 g/mol. The van der Waals surface area contributed by atoms with Crippen LogP contribution in [0.15, 0.2) is 53.7 Å². The Labute approximate surface area is 200 Å². The molecule has 0 radical (unpaired) electrons. The number of primary amides is 1. The van der Waals surface area contributed by atoms with E-state index in [0.29, 0.717) is 28.5 Å². The van der Waals surface area contributed by atoms with E-state index in [-0.39, 0.29) is 29.4 Å². The van der Waals surface area contributed by atoms with Crippen molar-refractivity contribution in [1.29, 1.82) is 0 Å². The number of likely N-dealkylation sites (tertiary alicyclic amines) is 1. The van der Waals surface area contributed by atoms with Gasteiger partial charge in [-0.2, -0.15) is 8.78 Å². The number of thioether (sulfide) groups is 1. The van der Waals surface area contributed by atoms with E-state index >= 15 is 0 Å². The van der Waals surface area contributed by atoms with Crippen LogP contribution in [0.4, 0.5) is 14.5 Å². The zero-order valence-electron chi connectivity index (χ0n) is 18.6. The largest absolute Gasteiger partial charge is 0.369 e. The number of para-hydroxylation sites is 2. The van der Waals surface area contributed by atoms with Crippen LogP contribution in [0.5, 0.6) is 0 Å². The molecule has 0 saturated carbocycles. The smallest absolute Gasteiger partial charge is 0.291 e. The third kappa shape index (κ3) is 6.12. The number of imidazole rings is 1. The Bertz CT molecular complexity index is 1140. The van der Waals surface area contributed by atoms with Crippen molar-refractivity contribution in [3.8, 4) is 0 Å². The van der Waals surface area contributed by atoms with Crippen molar-refractivity contribution < 1.29 is 18.4 Å². The minimum Gasteiger partial charge on any atom is -0.369 e. The molecule has 7 nitrogen and oxygen atoms in total. The highest BCUT2D eigenvalue weighted by atomic mass is 32.2. The molecular formula is C24H27F2N5O2S. The van der Waals surface area contributed by atoms with Crippen LogP contribution in [-0.4, -0.2) is 51.7 Å². The number of rotatable bonds is 9. The van der Waals surface area contributed by atoms with Gasteiger partial charge in [-0.05, 0) is 73.9 Å². The molecule has 3 N–H and O–H groups in total. The van der Waals surface area contributed by atoms with Crippen molar-refractivity contribution in [1.82, 2.24) is 14.5 Å². The van der Waals surface area contributed by atoms with Crippen LogP contribution >= 0.6 is 11.8 Å². The Kier molecular flexibility index (Phi) is 7.79. The molecule has 10 heteroatoms. The van der Waals surface area contributed by atoms with Crippen LogP contribution < -0.4 is 11.1 Å². The van der Waals surface area contributed by atoms with Crippen LogP contribution in [0.25, 0.3) is 11.0 Å². The highest BCUT2D eigenvalue weighted by Gasteiger charge is 2.22. The number of carbonyl (C=O) groups is 2. The molecule has 180 valence electrons. The Morgan fingerprint density at radius 1 is 1.12 bits per heavy atom. The number of hydrogen-bond acceptors (Lipinski definition) is 5. The number of anilines is 1. The predicted octanol–water partition coefficient (Wildman–Crippen LogP) is 3.73. The third-order valence-corrected chi connectivity index (χ3v) is 6.76. The minimum atomic E-state index is -2.62. The lowest BCUT2D eigenvalue weighted by Crippen LogP contribution is -2.39. The second-order valence-electron chi connectivity index (χ2n) is 8.36. The molecule has 0 aliphatic carbocycles. The maximum Gasteiger partial charge on any atom is 0.291 e. The number of nitrogens with two attached hydrogens (primary N) is 1. The molecule has 2 heterocycles. The molecule has 0 atom stereocenters. The summed E-state index contributed by atoms with van der Waals surface area (Å²) in [4.78, 5) is 30.5. The van der Waals surface area contributed by atoms with Gasteiger partial charge in [0.25, 0.3) is 5.76 Å². The summed E-state index contributed by atoms with van der Waals surface area (Å²) in [6, 6.07) is 14.7. The van der Waals surface area contributed by atoms with E-state index in [1.54, 1.807) is 24.3 Å². The zero-order valence-corrected chi connectivity index (χ0v) is 19.4. The summed E-state index contributed by atoms with van der Waals surface area (Å²) in [5, 5.41) is 2.95. The maximum atomic E-state index is 13.0. The van der Waals surface area contributed by atoms with Crippen molar-refractivity contribution in [2.45, 2.75) is 36.7 Å². The Hall–Kier alpha value is -2.98. The fraction of sp³-hybridized carbons (Fsp3) is 0.375. The van der Waals surface area contributed by atoms with E-state index in [2.05, 4.69) is 15.2 Å². The fourth-order valence-electron chi connectivity index (χ4n) is 4.20. The minimum absolute atomic E-state index is 0.00972. The summed E-state index contributed by atoms with van der Waals surface area (Å²) in [5.74, 6) is -3.16. The number of fused-ring (bicyclic) bond motifs is 1. The number of hydrogen-bond donors (Lipinski definition) is 2. The summed E-state index contributed by atoms with van der Waals surface area (Å²) in [6.45, 7) is 2.53. The van der Waals surface area contributed by atoms with Gasteiger partial charge in [-0.25, -0.2) is 4.98 Å². The average Bonchev–Trinajstić information content (AvgIpc) is 3.15. The van der Waals surface area contributed by atoms with Crippen LogP contribution in [0.1, 0.15) is 18.4 Å². The molecule has 1 aliphatic heterocycles. The molecule has 0 spiro atoms. The first kappa shape index (κ1) is 24.2. The number of amides is 2. The molecule has 1 fully saturated rings. The molecule has 3 aromatic rings. The van der Waals surface area contributed by atoms with E-state index < -0.39 is 5.76 Å². The summed E-state index contributed by atoms with van der Waals surface area (Å²) < 4.78 is 27.4. The van der Waals surface area contributed by atoms with Gasteiger partial charge in [0.15, 0.2) is 5.16 Å². The van der Waals surface area contributed by atoms with Gasteiger partial charge in [-0.3, -0.25) is 9.59 Å². The summed E-state index contributed by atoms with van der Waals surface area (Å²) in [6.07, 6.45) is 2.48. The lowest BCUT2D eigenvalue weighted by molar-refractivity contribution is -0.123. The first-order chi connectivity index (χ1) is 16.4. The van der Waals surface area contributed by atoms with E-state index in [4.69, 9.17) is 5.73 Å². The van der Waals surface area contributed by atoms with Gasteiger partial charge in [-0.15, -0.1) is 0 Å². The molecule has 1 aliphatic rings. The first-order valence-electron chi connectivity index (χ1n) is 11.2. The number of nitrogens with zero attached hydrogens (tertiary/aromatic N) is 3. The molecule has 2 aromatic carbocycles. The van der Waals surface area contributed by atoms with Crippen molar-refractivity contribution in [2.24, 2.45) is 11.7 Å². The van der Waals surface area contributed by atoms with Gasteiger partial charge in [0.05, 0.1) is 11.0 Å². The number of aromatic nitrogens is 2. The van der Waals surface area contributed by atoms with Crippen LogP contribution in [-0.2, 0) is 22.6 Å². The van der Waals surface area contributed by atoms with Crippen molar-refractivity contribution >= 4 is 40.3 Å². The van der Waals surface area contributed by atoms with Crippen molar-refractivity contribution in [3.05, 3.63) is 54.1 Å². The Morgan fingerprint density at radius 2 is 1.82 bits per heavy atom. The number of alkyl halides is 2. The Morgan fingerprint density at radius 3 is 2.50 bits per heavy atom. The van der Waals surface area contributed by atoms with E-state index in [9.17, 15) is 18.4 Å². The van der Waals surface area contributed by atoms with E-state index in [1.807, 2.05) is 24.3 Å². The van der Waals surface area contributed by atoms with E-state index in [1.165, 1.54) is 4.57 Å². The Balaban J connectivity index is 1.32. The second kappa shape index (κ2) is 11.0. The average molecular weight is 488 g/mol. The van der Waals surface area contributed by atoms with Gasteiger partial charge in [0.2, 0.25) is 11.8 Å².